The number of anilines is 1. The van der Waals surface area contributed by atoms with Gasteiger partial charge >= 0.3 is 0 Å². The minimum Gasteiger partial charge on any atom is -0.320 e. The van der Waals surface area contributed by atoms with E-state index in [2.05, 4.69) is 20.2 Å². The molecule has 0 saturated carbocycles. The van der Waals surface area contributed by atoms with Gasteiger partial charge in [0.25, 0.3) is 5.91 Å². The van der Waals surface area contributed by atoms with Gasteiger partial charge in [-0.15, -0.1) is 11.8 Å². The van der Waals surface area contributed by atoms with E-state index in [-0.39, 0.29) is 21.8 Å². The molecule has 1 N–H and O–H groups in total. The minimum absolute atomic E-state index is 0.0828. The van der Waals surface area contributed by atoms with Crippen LogP contribution in [0.3, 0.4) is 0 Å². The molecule has 0 aromatic carbocycles. The highest BCUT2D eigenvalue weighted by Gasteiger charge is 2.32. The Hall–Kier alpha value is -1.34. The summed E-state index contributed by atoms with van der Waals surface area (Å²) in [6, 6.07) is 7.69. The Labute approximate surface area is 185 Å². The average Bonchev–Trinajstić information content (AvgIpc) is 2.73. The monoisotopic (exact) mass is 450 g/mol. The fourth-order valence-electron chi connectivity index (χ4n) is 4.28. The van der Waals surface area contributed by atoms with Crippen molar-refractivity contribution in [2.24, 2.45) is 5.92 Å². The molecule has 0 bridgehead atoms. The first kappa shape index (κ1) is 20.9. The van der Waals surface area contributed by atoms with Crippen LogP contribution in [0.2, 0.25) is 10.3 Å². The van der Waals surface area contributed by atoms with Gasteiger partial charge in [-0.05, 0) is 69.0 Å². The van der Waals surface area contributed by atoms with Crippen LogP contribution in [0.15, 0.2) is 35.5 Å². The number of hydrogen-bond acceptors (Lipinski definition) is 5. The molecule has 2 unspecified atom stereocenters. The van der Waals surface area contributed by atoms with Gasteiger partial charge in [0.15, 0.2) is 0 Å². The molecule has 0 radical (unpaired) electrons. The number of aromatic nitrogens is 2. The molecule has 2 aromatic heterocycles. The lowest BCUT2D eigenvalue weighted by atomic mass is 9.85. The first-order valence-corrected chi connectivity index (χ1v) is 11.8. The zero-order valence-electron chi connectivity index (χ0n) is 16.1. The van der Waals surface area contributed by atoms with Crippen molar-refractivity contribution in [1.29, 1.82) is 0 Å². The second-order valence-electron chi connectivity index (χ2n) is 7.62. The second kappa shape index (κ2) is 9.65. The molecule has 2 aliphatic rings. The molecule has 2 saturated heterocycles. The maximum absolute atomic E-state index is 12.4. The van der Waals surface area contributed by atoms with Gasteiger partial charge < -0.3 is 10.2 Å². The number of hydrogen-bond donors (Lipinski definition) is 1. The van der Waals surface area contributed by atoms with Gasteiger partial charge in [0, 0.05) is 11.8 Å². The van der Waals surface area contributed by atoms with E-state index in [1.54, 1.807) is 18.3 Å². The number of carbonyl (C=O) groups is 1. The van der Waals surface area contributed by atoms with Crippen molar-refractivity contribution in [2.75, 3.05) is 24.2 Å². The quantitative estimate of drug-likeness (QED) is 0.488. The molecule has 2 fully saturated rings. The molecule has 8 heteroatoms. The summed E-state index contributed by atoms with van der Waals surface area (Å²) < 4.78 is 0. The molecular weight excluding hydrogens is 427 g/mol. The third-order valence-electron chi connectivity index (χ3n) is 5.73. The summed E-state index contributed by atoms with van der Waals surface area (Å²) in [6.45, 7) is 2.54. The van der Waals surface area contributed by atoms with E-state index in [9.17, 15) is 4.79 Å². The number of nitrogens with one attached hydrogen (secondary N) is 1. The van der Waals surface area contributed by atoms with Crippen molar-refractivity contribution in [1.82, 2.24) is 14.9 Å². The van der Waals surface area contributed by atoms with Crippen molar-refractivity contribution in [3.8, 4) is 0 Å². The van der Waals surface area contributed by atoms with E-state index in [0.717, 1.165) is 22.7 Å². The van der Waals surface area contributed by atoms with E-state index in [1.807, 2.05) is 23.9 Å². The van der Waals surface area contributed by atoms with E-state index in [1.165, 1.54) is 45.2 Å². The molecule has 2 aliphatic heterocycles. The van der Waals surface area contributed by atoms with E-state index in [4.69, 9.17) is 23.2 Å². The van der Waals surface area contributed by atoms with Crippen LogP contribution in [0.1, 0.15) is 42.5 Å². The number of halogens is 2. The smallest absolute Gasteiger partial charge is 0.258 e. The Bertz CT molecular complexity index is 862. The molecule has 154 valence electrons. The summed E-state index contributed by atoms with van der Waals surface area (Å²) >= 11 is 13.6. The molecule has 0 spiro atoms. The van der Waals surface area contributed by atoms with Crippen molar-refractivity contribution < 1.29 is 4.79 Å². The SMILES string of the molecule is O=C(Nc1ccc(SCC2CCCN3CCCCC23)nc1)c1ccc(Cl)nc1Cl. The third-order valence-corrected chi connectivity index (χ3v) is 7.36. The molecule has 29 heavy (non-hydrogen) atoms. The fourth-order valence-corrected chi connectivity index (χ4v) is 5.78. The number of amides is 1. The van der Waals surface area contributed by atoms with Crippen LogP contribution in [0.5, 0.6) is 0 Å². The van der Waals surface area contributed by atoms with Crippen molar-refractivity contribution in [3.63, 3.8) is 0 Å². The Morgan fingerprint density at radius 1 is 1.14 bits per heavy atom. The largest absolute Gasteiger partial charge is 0.320 e. The summed E-state index contributed by atoms with van der Waals surface area (Å²) in [5.74, 6) is 1.52. The highest BCUT2D eigenvalue weighted by atomic mass is 35.5. The number of piperidine rings is 2. The van der Waals surface area contributed by atoms with Crippen molar-refractivity contribution in [3.05, 3.63) is 46.3 Å². The Balaban J connectivity index is 1.32. The van der Waals surface area contributed by atoms with Gasteiger partial charge in [-0.25, -0.2) is 9.97 Å². The van der Waals surface area contributed by atoms with Gasteiger partial charge in [-0.1, -0.05) is 29.6 Å². The van der Waals surface area contributed by atoms with Crippen LogP contribution in [0.4, 0.5) is 5.69 Å². The zero-order valence-corrected chi connectivity index (χ0v) is 18.4. The summed E-state index contributed by atoms with van der Waals surface area (Å²) in [7, 11) is 0. The van der Waals surface area contributed by atoms with Crippen LogP contribution < -0.4 is 5.32 Å². The summed E-state index contributed by atoms with van der Waals surface area (Å²) in [5, 5.41) is 4.13. The number of fused-ring (bicyclic) bond motifs is 1. The summed E-state index contributed by atoms with van der Waals surface area (Å²) in [5.41, 5.74) is 0.908. The zero-order chi connectivity index (χ0) is 20.2. The van der Waals surface area contributed by atoms with Gasteiger partial charge in [0.2, 0.25) is 0 Å². The maximum atomic E-state index is 12.4. The highest BCUT2D eigenvalue weighted by Crippen LogP contribution is 2.34. The van der Waals surface area contributed by atoms with Crippen LogP contribution in [0, 0.1) is 5.92 Å². The highest BCUT2D eigenvalue weighted by molar-refractivity contribution is 7.99. The van der Waals surface area contributed by atoms with E-state index >= 15 is 0 Å². The van der Waals surface area contributed by atoms with Gasteiger partial charge in [-0.2, -0.15) is 0 Å². The molecule has 5 nitrogen and oxygen atoms in total. The lowest BCUT2D eigenvalue weighted by Crippen LogP contribution is -2.48. The number of nitrogens with zero attached hydrogens (tertiary/aromatic N) is 3. The number of rotatable bonds is 5. The summed E-state index contributed by atoms with van der Waals surface area (Å²) in [4.78, 5) is 23.5. The Kier molecular flexibility index (Phi) is 6.96. The van der Waals surface area contributed by atoms with E-state index in [0.29, 0.717) is 5.69 Å². The predicted molar refractivity (Wildman–Crippen MR) is 119 cm³/mol. The topological polar surface area (TPSA) is 58.1 Å². The molecule has 1 amide bonds. The lowest BCUT2D eigenvalue weighted by Gasteiger charge is -2.44. The van der Waals surface area contributed by atoms with Gasteiger partial charge in [-0.3, -0.25) is 4.79 Å². The van der Waals surface area contributed by atoms with Gasteiger partial charge in [0.05, 0.1) is 22.5 Å². The molecule has 4 heterocycles. The van der Waals surface area contributed by atoms with Crippen LogP contribution in [0.25, 0.3) is 0 Å². The van der Waals surface area contributed by atoms with Crippen molar-refractivity contribution in [2.45, 2.75) is 43.2 Å². The predicted octanol–water partition coefficient (Wildman–Crippen LogP) is 5.39. The standard InChI is InChI=1S/C21H24Cl2N4OS/c22-18-8-7-16(20(23)26-18)21(28)25-15-6-9-19(24-12-15)29-13-14-4-3-11-27-10-2-1-5-17(14)27/h6-9,12,14,17H,1-5,10-11,13H2,(H,25,28). The normalized spacial score (nSPS) is 22.1. The number of thioether (sulfide) groups is 1. The first-order chi connectivity index (χ1) is 14.1. The van der Waals surface area contributed by atoms with Crippen LogP contribution in [-0.2, 0) is 0 Å². The number of carbonyl (C=O) groups excluding carboxylic acids is 1. The van der Waals surface area contributed by atoms with Crippen molar-refractivity contribution >= 4 is 46.6 Å². The maximum Gasteiger partial charge on any atom is 0.258 e. The summed E-state index contributed by atoms with van der Waals surface area (Å²) in [6.07, 6.45) is 8.36. The van der Waals surface area contributed by atoms with Crippen LogP contribution >= 0.6 is 35.0 Å². The fraction of sp³-hybridized carbons (Fsp3) is 0.476. The van der Waals surface area contributed by atoms with E-state index < -0.39 is 0 Å². The Morgan fingerprint density at radius 3 is 2.79 bits per heavy atom. The molecule has 0 aliphatic carbocycles. The molecule has 2 aromatic rings. The minimum atomic E-state index is -0.332. The van der Waals surface area contributed by atoms with Gasteiger partial charge in [0.1, 0.15) is 10.3 Å². The molecular formula is C21H24Cl2N4OS. The number of pyridine rings is 2. The lowest BCUT2D eigenvalue weighted by molar-refractivity contribution is 0.0693. The average molecular weight is 451 g/mol. The Morgan fingerprint density at radius 2 is 2.00 bits per heavy atom. The van der Waals surface area contributed by atoms with Crippen LogP contribution in [-0.4, -0.2) is 45.7 Å². The molecule has 4 rings (SSSR count). The second-order valence-corrected chi connectivity index (χ2v) is 9.41. The first-order valence-electron chi connectivity index (χ1n) is 10.1. The molecule has 2 atom stereocenters. The third kappa shape index (κ3) is 5.23.